The highest BCUT2D eigenvalue weighted by Gasteiger charge is 2.19. The van der Waals surface area contributed by atoms with Gasteiger partial charge in [0.15, 0.2) is 5.82 Å². The van der Waals surface area contributed by atoms with Gasteiger partial charge in [0, 0.05) is 39.1 Å². The zero-order valence-corrected chi connectivity index (χ0v) is 30.1. The molecule has 5 nitrogen and oxygen atoms in total. The molecule has 262 valence electrons. The first-order chi connectivity index (χ1) is 27.7. The van der Waals surface area contributed by atoms with Gasteiger partial charge < -0.3 is 8.83 Å². The zero-order chi connectivity index (χ0) is 37.0. The van der Waals surface area contributed by atoms with Crippen molar-refractivity contribution < 1.29 is 8.83 Å². The Morgan fingerprint density at radius 1 is 0.304 bits per heavy atom. The quantitative estimate of drug-likeness (QED) is 0.171. The Balaban J connectivity index is 0.911. The van der Waals surface area contributed by atoms with Crippen molar-refractivity contribution in [1.82, 2.24) is 15.0 Å². The third-order valence-corrected chi connectivity index (χ3v) is 10.6. The predicted molar refractivity (Wildman–Crippen MR) is 227 cm³/mol. The Bertz CT molecular complexity index is 2980. The molecule has 0 fully saturated rings. The number of benzene rings is 7. The number of pyridine rings is 1. The molecule has 0 saturated carbocycles. The van der Waals surface area contributed by atoms with Crippen molar-refractivity contribution in [3.8, 4) is 67.4 Å². The fourth-order valence-corrected chi connectivity index (χ4v) is 7.75. The molecule has 0 bridgehead atoms. The minimum absolute atomic E-state index is 0.586. The summed E-state index contributed by atoms with van der Waals surface area (Å²) in [7, 11) is 0. The van der Waals surface area contributed by atoms with Crippen molar-refractivity contribution in [2.75, 3.05) is 0 Å². The fourth-order valence-electron chi connectivity index (χ4n) is 7.75. The monoisotopic (exact) mass is 717 g/mol. The maximum absolute atomic E-state index is 6.35. The van der Waals surface area contributed by atoms with Gasteiger partial charge in [0.2, 0.25) is 5.71 Å². The van der Waals surface area contributed by atoms with Gasteiger partial charge in [-0.15, -0.1) is 0 Å². The number of fused-ring (bicyclic) bond motifs is 6. The van der Waals surface area contributed by atoms with Crippen LogP contribution in [0.3, 0.4) is 0 Å². The van der Waals surface area contributed by atoms with Gasteiger partial charge in [-0.3, -0.25) is 0 Å². The standard InChI is InChI=1S/C51H31N3O2/c1-3-11-36(12-4-1)42-31-45-46(40-15-7-9-17-43(40)55-45)48(52-42)37-27-23-34(24-28-37)32-19-21-33(22-20-32)35-25-29-38(30-26-35)49-47-41-16-8-10-18-44(41)56-51(47)54-50(53-49)39-13-5-2-6-14-39/h1-31H. The van der Waals surface area contributed by atoms with E-state index in [1.165, 1.54) is 0 Å². The van der Waals surface area contributed by atoms with E-state index in [0.717, 1.165) is 99.9 Å². The Morgan fingerprint density at radius 3 is 1.32 bits per heavy atom. The number of aromatic nitrogens is 3. The lowest BCUT2D eigenvalue weighted by Crippen LogP contribution is -1.93. The summed E-state index contributed by atoms with van der Waals surface area (Å²) in [5.41, 5.74) is 14.3. The second kappa shape index (κ2) is 13.0. The molecule has 7 aromatic carbocycles. The number of rotatable bonds is 6. The van der Waals surface area contributed by atoms with Gasteiger partial charge in [0.25, 0.3) is 0 Å². The average Bonchev–Trinajstić information content (AvgIpc) is 3.85. The first-order valence-electron chi connectivity index (χ1n) is 18.7. The van der Waals surface area contributed by atoms with Gasteiger partial charge in [0.05, 0.1) is 27.9 Å². The van der Waals surface area contributed by atoms with Crippen molar-refractivity contribution in [3.63, 3.8) is 0 Å². The molecule has 0 N–H and O–H groups in total. The van der Waals surface area contributed by atoms with Gasteiger partial charge in [0.1, 0.15) is 16.7 Å². The van der Waals surface area contributed by atoms with Crippen molar-refractivity contribution in [1.29, 1.82) is 0 Å². The Labute approximate surface area is 322 Å². The van der Waals surface area contributed by atoms with Gasteiger partial charge in [-0.2, -0.15) is 4.98 Å². The van der Waals surface area contributed by atoms with Crippen LogP contribution in [0.4, 0.5) is 0 Å². The third kappa shape index (κ3) is 5.45. The van der Waals surface area contributed by atoms with Crippen molar-refractivity contribution in [3.05, 3.63) is 188 Å². The van der Waals surface area contributed by atoms with Gasteiger partial charge in [-0.1, -0.05) is 170 Å². The molecular formula is C51H31N3O2. The molecule has 0 saturated heterocycles. The molecular weight excluding hydrogens is 687 g/mol. The van der Waals surface area contributed by atoms with E-state index in [1.54, 1.807) is 0 Å². The first-order valence-corrected chi connectivity index (χ1v) is 18.7. The van der Waals surface area contributed by atoms with Crippen molar-refractivity contribution in [2.24, 2.45) is 0 Å². The molecule has 4 heterocycles. The summed E-state index contributed by atoms with van der Waals surface area (Å²) in [6.07, 6.45) is 0. The SMILES string of the molecule is c1ccc(-c2cc3oc4ccccc4c3c(-c3ccc(-c4ccc(-c5ccc(-c6nc(-c7ccccc7)nc7oc8ccccc8c67)cc5)cc4)cc3)n2)cc1. The number of hydrogen-bond donors (Lipinski definition) is 0. The summed E-state index contributed by atoms with van der Waals surface area (Å²) in [5, 5.41) is 4.02. The van der Waals surface area contributed by atoms with Crippen molar-refractivity contribution in [2.45, 2.75) is 0 Å². The Kier molecular flexibility index (Phi) is 7.42. The number of furan rings is 2. The molecule has 0 aliphatic heterocycles. The minimum atomic E-state index is 0.586. The summed E-state index contributed by atoms with van der Waals surface area (Å²) in [6, 6.07) is 64.6. The van der Waals surface area contributed by atoms with Crippen LogP contribution in [0.15, 0.2) is 197 Å². The summed E-state index contributed by atoms with van der Waals surface area (Å²) in [5.74, 6) is 0.639. The molecule has 0 atom stereocenters. The van der Waals surface area contributed by atoms with E-state index in [-0.39, 0.29) is 0 Å². The number of nitrogens with zero attached hydrogens (tertiary/aromatic N) is 3. The Hall–Kier alpha value is -7.63. The van der Waals surface area contributed by atoms with E-state index in [2.05, 4.69) is 103 Å². The van der Waals surface area contributed by atoms with Crippen LogP contribution in [0.25, 0.3) is 111 Å². The molecule has 11 rings (SSSR count). The highest BCUT2D eigenvalue weighted by Crippen LogP contribution is 2.40. The van der Waals surface area contributed by atoms with Crippen LogP contribution >= 0.6 is 0 Å². The summed E-state index contributed by atoms with van der Waals surface area (Å²) >= 11 is 0. The first kappa shape index (κ1) is 31.9. The summed E-state index contributed by atoms with van der Waals surface area (Å²) in [6.45, 7) is 0. The zero-order valence-electron chi connectivity index (χ0n) is 30.1. The van der Waals surface area contributed by atoms with Crippen LogP contribution in [0, 0.1) is 0 Å². The molecule has 0 amide bonds. The smallest absolute Gasteiger partial charge is 0.231 e. The van der Waals surface area contributed by atoms with E-state index in [0.29, 0.717) is 11.5 Å². The largest absolute Gasteiger partial charge is 0.456 e. The lowest BCUT2D eigenvalue weighted by molar-refractivity contribution is 0.653. The van der Waals surface area contributed by atoms with Gasteiger partial charge in [-0.25, -0.2) is 9.97 Å². The fraction of sp³-hybridized carbons (Fsp3) is 0. The molecule has 11 aromatic rings. The highest BCUT2D eigenvalue weighted by molar-refractivity contribution is 6.12. The lowest BCUT2D eigenvalue weighted by Gasteiger charge is -2.10. The predicted octanol–water partition coefficient (Wildman–Crippen LogP) is 13.7. The molecule has 4 aromatic heterocycles. The van der Waals surface area contributed by atoms with Crippen LogP contribution < -0.4 is 0 Å². The second-order valence-electron chi connectivity index (χ2n) is 14.0. The van der Waals surface area contributed by atoms with E-state index in [9.17, 15) is 0 Å². The Morgan fingerprint density at radius 2 is 0.750 bits per heavy atom. The second-order valence-corrected chi connectivity index (χ2v) is 14.0. The topological polar surface area (TPSA) is 65.0 Å². The molecule has 0 spiro atoms. The molecule has 0 aliphatic rings. The molecule has 0 unspecified atom stereocenters. The summed E-state index contributed by atoms with van der Waals surface area (Å²) < 4.78 is 12.6. The minimum Gasteiger partial charge on any atom is -0.456 e. The van der Waals surface area contributed by atoms with Crippen LogP contribution in [0.1, 0.15) is 0 Å². The molecule has 56 heavy (non-hydrogen) atoms. The van der Waals surface area contributed by atoms with E-state index in [1.807, 2.05) is 84.9 Å². The maximum Gasteiger partial charge on any atom is 0.231 e. The van der Waals surface area contributed by atoms with E-state index in [4.69, 9.17) is 23.8 Å². The average molecular weight is 718 g/mol. The molecule has 5 heteroatoms. The normalized spacial score (nSPS) is 11.6. The van der Waals surface area contributed by atoms with E-state index < -0.39 is 0 Å². The number of para-hydroxylation sites is 2. The maximum atomic E-state index is 6.35. The van der Waals surface area contributed by atoms with Crippen molar-refractivity contribution >= 4 is 44.0 Å². The van der Waals surface area contributed by atoms with E-state index >= 15 is 0 Å². The van der Waals surface area contributed by atoms with Crippen LogP contribution in [-0.2, 0) is 0 Å². The molecule has 0 radical (unpaired) electrons. The van der Waals surface area contributed by atoms with Crippen LogP contribution in [-0.4, -0.2) is 15.0 Å². The lowest BCUT2D eigenvalue weighted by atomic mass is 9.97. The van der Waals surface area contributed by atoms with Gasteiger partial charge in [-0.05, 0) is 34.4 Å². The van der Waals surface area contributed by atoms with Crippen LogP contribution in [0.2, 0.25) is 0 Å². The summed E-state index contributed by atoms with van der Waals surface area (Å²) in [4.78, 5) is 15.1. The van der Waals surface area contributed by atoms with Crippen LogP contribution in [0.5, 0.6) is 0 Å². The third-order valence-electron chi connectivity index (χ3n) is 10.6. The van der Waals surface area contributed by atoms with Gasteiger partial charge >= 0.3 is 0 Å². The molecule has 0 aliphatic carbocycles. The number of hydrogen-bond acceptors (Lipinski definition) is 5. The highest BCUT2D eigenvalue weighted by atomic mass is 16.3.